The van der Waals surface area contributed by atoms with E-state index in [1.54, 1.807) is 31.2 Å². The second-order valence-corrected chi connectivity index (χ2v) is 7.35. The summed E-state index contributed by atoms with van der Waals surface area (Å²) in [4.78, 5) is 45.3. The number of anilines is 1. The van der Waals surface area contributed by atoms with Crippen LogP contribution in [0.2, 0.25) is 0 Å². The average molecular weight is 463 g/mol. The lowest BCUT2D eigenvalue weighted by atomic mass is 9.96. The third-order valence-electron chi connectivity index (χ3n) is 5.22. The summed E-state index contributed by atoms with van der Waals surface area (Å²) in [5, 5.41) is 50.0. The zero-order valence-corrected chi connectivity index (χ0v) is 17.2. The van der Waals surface area contributed by atoms with Crippen LogP contribution in [0.3, 0.4) is 0 Å². The fourth-order valence-corrected chi connectivity index (χ4v) is 3.85. The third kappa shape index (κ3) is 3.56. The van der Waals surface area contributed by atoms with E-state index in [0.717, 1.165) is 23.8 Å². The molecule has 13 heteroatoms. The SMILES string of the molecule is Cc1cccc(NC(=O)c2cc([N+](=O)[O-])cc3c2-c2c(cc([N+](=O)[O-])cc2[N+](=O)[O-])/C3=N\O)c1. The number of nitrogens with zero attached hydrogens (tertiary/aromatic N) is 4. The van der Waals surface area contributed by atoms with Crippen LogP contribution < -0.4 is 5.32 Å². The zero-order chi connectivity index (χ0) is 24.7. The molecule has 1 aliphatic rings. The maximum Gasteiger partial charge on any atom is 0.284 e. The molecule has 0 radical (unpaired) electrons. The van der Waals surface area contributed by atoms with Crippen LogP contribution in [0.25, 0.3) is 11.1 Å². The topological polar surface area (TPSA) is 191 Å². The fourth-order valence-electron chi connectivity index (χ4n) is 3.85. The first kappa shape index (κ1) is 22.0. The number of hydrogen-bond donors (Lipinski definition) is 2. The Labute approximate surface area is 189 Å². The Bertz CT molecular complexity index is 1460. The molecule has 2 N–H and O–H groups in total. The number of non-ortho nitro benzene ring substituents is 2. The van der Waals surface area contributed by atoms with Crippen molar-refractivity contribution < 1.29 is 24.8 Å². The largest absolute Gasteiger partial charge is 0.410 e. The summed E-state index contributed by atoms with van der Waals surface area (Å²) in [6.45, 7) is 1.79. The lowest BCUT2D eigenvalue weighted by Crippen LogP contribution is -2.14. The predicted octanol–water partition coefficient (Wildman–Crippen LogP) is 4.18. The maximum atomic E-state index is 13.2. The molecule has 34 heavy (non-hydrogen) atoms. The van der Waals surface area contributed by atoms with Crippen molar-refractivity contribution in [1.82, 2.24) is 0 Å². The Morgan fingerprint density at radius 3 is 2.06 bits per heavy atom. The minimum atomic E-state index is -0.875. The molecule has 13 nitrogen and oxygen atoms in total. The number of rotatable bonds is 5. The van der Waals surface area contributed by atoms with Gasteiger partial charge in [0.1, 0.15) is 5.71 Å². The summed E-state index contributed by atoms with van der Waals surface area (Å²) in [6.07, 6.45) is 0. The van der Waals surface area contributed by atoms with Crippen LogP contribution in [0.15, 0.2) is 53.7 Å². The summed E-state index contributed by atoms with van der Waals surface area (Å²) in [6, 6.07) is 10.3. The molecule has 0 spiro atoms. The minimum absolute atomic E-state index is 0.111. The predicted molar refractivity (Wildman–Crippen MR) is 118 cm³/mol. The van der Waals surface area contributed by atoms with Crippen LogP contribution in [0.4, 0.5) is 22.7 Å². The van der Waals surface area contributed by atoms with E-state index in [1.807, 2.05) is 0 Å². The Kier molecular flexibility index (Phi) is 5.21. The van der Waals surface area contributed by atoms with Crippen LogP contribution in [-0.4, -0.2) is 31.6 Å². The van der Waals surface area contributed by atoms with E-state index in [1.165, 1.54) is 0 Å². The number of nitro benzene ring substituents is 3. The van der Waals surface area contributed by atoms with E-state index in [0.29, 0.717) is 11.8 Å². The summed E-state index contributed by atoms with van der Waals surface area (Å²) < 4.78 is 0. The van der Waals surface area contributed by atoms with Crippen LogP contribution in [-0.2, 0) is 0 Å². The van der Waals surface area contributed by atoms with Gasteiger partial charge in [-0.2, -0.15) is 0 Å². The lowest BCUT2D eigenvalue weighted by molar-refractivity contribution is -0.393. The Hall–Kier alpha value is -5.20. The highest BCUT2D eigenvalue weighted by Crippen LogP contribution is 2.47. The van der Waals surface area contributed by atoms with Gasteiger partial charge in [-0.15, -0.1) is 0 Å². The number of amides is 1. The quantitative estimate of drug-likeness (QED) is 0.250. The Morgan fingerprint density at radius 2 is 1.50 bits per heavy atom. The number of nitrogens with one attached hydrogen (secondary N) is 1. The van der Waals surface area contributed by atoms with Gasteiger partial charge < -0.3 is 10.5 Å². The van der Waals surface area contributed by atoms with Crippen molar-refractivity contribution in [2.24, 2.45) is 5.16 Å². The van der Waals surface area contributed by atoms with Gasteiger partial charge in [0.2, 0.25) is 0 Å². The molecule has 1 amide bonds. The zero-order valence-electron chi connectivity index (χ0n) is 17.2. The number of aryl methyl sites for hydroxylation is 1. The van der Waals surface area contributed by atoms with E-state index >= 15 is 0 Å². The minimum Gasteiger partial charge on any atom is -0.410 e. The standard InChI is InChI=1S/C21H13N5O8/c1-10-3-2-4-11(5-10)22-21(27)16-8-12(24(29)30)6-14-18(16)19-15(20(14)23-28)7-13(25(31)32)9-17(19)26(33)34/h2-9,28H,1H3,(H,22,27)/b23-20-. The van der Waals surface area contributed by atoms with Crippen molar-refractivity contribution in [3.63, 3.8) is 0 Å². The second kappa shape index (κ2) is 8.05. The molecule has 0 heterocycles. The Balaban J connectivity index is 2.03. The van der Waals surface area contributed by atoms with Crippen molar-refractivity contribution in [3.8, 4) is 11.1 Å². The van der Waals surface area contributed by atoms with Gasteiger partial charge in [-0.25, -0.2) is 0 Å². The highest BCUT2D eigenvalue weighted by atomic mass is 16.6. The van der Waals surface area contributed by atoms with E-state index in [-0.39, 0.29) is 33.5 Å². The first-order valence-electron chi connectivity index (χ1n) is 9.52. The monoisotopic (exact) mass is 463 g/mol. The first-order chi connectivity index (χ1) is 16.1. The van der Waals surface area contributed by atoms with Crippen LogP contribution in [0.1, 0.15) is 27.0 Å². The highest BCUT2D eigenvalue weighted by molar-refractivity contribution is 6.29. The van der Waals surface area contributed by atoms with Gasteiger partial charge >= 0.3 is 0 Å². The van der Waals surface area contributed by atoms with E-state index < -0.39 is 37.7 Å². The first-order valence-corrected chi connectivity index (χ1v) is 9.52. The summed E-state index contributed by atoms with van der Waals surface area (Å²) in [7, 11) is 0. The van der Waals surface area contributed by atoms with E-state index in [2.05, 4.69) is 10.5 Å². The van der Waals surface area contributed by atoms with Gasteiger partial charge in [0, 0.05) is 40.6 Å². The van der Waals surface area contributed by atoms with Crippen molar-refractivity contribution in [3.05, 3.63) is 101 Å². The number of oxime groups is 1. The molecule has 1 aliphatic carbocycles. The average Bonchev–Trinajstić information content (AvgIpc) is 3.10. The Morgan fingerprint density at radius 1 is 0.882 bits per heavy atom. The molecule has 3 aromatic rings. The normalized spacial score (nSPS) is 12.7. The number of carbonyl (C=O) groups is 1. The number of fused-ring (bicyclic) bond motifs is 3. The summed E-state index contributed by atoms with van der Waals surface area (Å²) >= 11 is 0. The number of benzene rings is 3. The van der Waals surface area contributed by atoms with Crippen molar-refractivity contribution >= 4 is 34.4 Å². The van der Waals surface area contributed by atoms with Crippen LogP contribution in [0, 0.1) is 37.3 Å². The molecule has 170 valence electrons. The molecule has 3 aromatic carbocycles. The molecule has 4 rings (SSSR count). The van der Waals surface area contributed by atoms with Crippen LogP contribution >= 0.6 is 0 Å². The van der Waals surface area contributed by atoms with Gasteiger partial charge in [-0.3, -0.25) is 35.1 Å². The van der Waals surface area contributed by atoms with Gasteiger partial charge in [0.05, 0.1) is 32.0 Å². The molecule has 0 fully saturated rings. The molecule has 0 unspecified atom stereocenters. The van der Waals surface area contributed by atoms with Crippen molar-refractivity contribution in [2.45, 2.75) is 6.92 Å². The maximum absolute atomic E-state index is 13.2. The smallest absolute Gasteiger partial charge is 0.284 e. The molecule has 0 bridgehead atoms. The molecule has 0 aliphatic heterocycles. The van der Waals surface area contributed by atoms with E-state index in [4.69, 9.17) is 0 Å². The fraction of sp³-hybridized carbons (Fsp3) is 0.0476. The van der Waals surface area contributed by atoms with E-state index in [9.17, 15) is 40.3 Å². The lowest BCUT2D eigenvalue weighted by Gasteiger charge is -2.11. The molecule has 0 aromatic heterocycles. The molecule has 0 saturated heterocycles. The number of carbonyl (C=O) groups excluding carboxylic acids is 1. The summed E-state index contributed by atoms with van der Waals surface area (Å²) in [5.41, 5.74) is -2.08. The summed E-state index contributed by atoms with van der Waals surface area (Å²) in [5.74, 6) is -0.816. The van der Waals surface area contributed by atoms with Gasteiger partial charge in [0.25, 0.3) is 23.0 Å². The number of nitro groups is 3. The molecular formula is C21H13N5O8. The molecular weight excluding hydrogens is 450 g/mol. The van der Waals surface area contributed by atoms with Crippen LogP contribution in [0.5, 0.6) is 0 Å². The van der Waals surface area contributed by atoms with Gasteiger partial charge in [-0.05, 0) is 24.6 Å². The second-order valence-electron chi connectivity index (χ2n) is 7.35. The molecule has 0 saturated carbocycles. The van der Waals surface area contributed by atoms with Crippen molar-refractivity contribution in [1.29, 1.82) is 0 Å². The number of hydrogen-bond acceptors (Lipinski definition) is 9. The van der Waals surface area contributed by atoms with Gasteiger partial charge in [0.15, 0.2) is 0 Å². The highest BCUT2D eigenvalue weighted by Gasteiger charge is 2.39. The molecule has 0 atom stereocenters. The van der Waals surface area contributed by atoms with Crippen molar-refractivity contribution in [2.75, 3.05) is 5.32 Å². The van der Waals surface area contributed by atoms with Gasteiger partial charge in [-0.1, -0.05) is 17.3 Å². The third-order valence-corrected chi connectivity index (χ3v) is 5.22.